The summed E-state index contributed by atoms with van der Waals surface area (Å²) in [5.74, 6) is 3.22. The summed E-state index contributed by atoms with van der Waals surface area (Å²) in [6.45, 7) is 2.55. The van der Waals surface area contributed by atoms with Crippen LogP contribution < -0.4 is 6.15 Å². The molecule has 1 nitrogen and oxygen atoms in total. The number of hydrogen-bond acceptors (Lipinski definition) is 1. The minimum atomic E-state index is 0. The Bertz CT molecular complexity index is 137. The predicted octanol–water partition coefficient (Wildman–Crippen LogP) is 4.95. The van der Waals surface area contributed by atoms with Crippen LogP contribution in [0.15, 0.2) is 0 Å². The first kappa shape index (κ1) is 13.0. The summed E-state index contributed by atoms with van der Waals surface area (Å²) in [5, 5.41) is 0. The second-order valence-corrected chi connectivity index (χ2v) is 5.66. The van der Waals surface area contributed by atoms with Crippen LogP contribution in [0, 0.1) is 17.8 Å². The molecule has 2 aliphatic rings. The molecule has 2 fully saturated rings. The minimum absolute atomic E-state index is 0. The van der Waals surface area contributed by atoms with E-state index in [0.717, 1.165) is 17.8 Å². The molecule has 0 atom stereocenters. The van der Waals surface area contributed by atoms with Crippen LogP contribution in [0.5, 0.6) is 0 Å². The van der Waals surface area contributed by atoms with E-state index in [2.05, 4.69) is 6.92 Å². The van der Waals surface area contributed by atoms with Crippen molar-refractivity contribution in [3.8, 4) is 0 Å². The molecule has 0 saturated heterocycles. The van der Waals surface area contributed by atoms with Crippen molar-refractivity contribution in [3.63, 3.8) is 0 Å². The van der Waals surface area contributed by atoms with E-state index in [1.54, 1.807) is 0 Å². The van der Waals surface area contributed by atoms with E-state index in [-0.39, 0.29) is 6.15 Å². The standard InChI is InChI=1S/C14H26.H3N/c1-12(13-8-4-2-5-9-13)14-10-6-3-7-11-14;/h12-14H,2-11H2,1H3;1H3. The number of rotatable bonds is 2. The molecule has 0 aliphatic heterocycles. The van der Waals surface area contributed by atoms with Gasteiger partial charge in [0.15, 0.2) is 0 Å². The molecule has 0 amide bonds. The van der Waals surface area contributed by atoms with Crippen molar-refractivity contribution in [2.45, 2.75) is 71.1 Å². The topological polar surface area (TPSA) is 35.0 Å². The van der Waals surface area contributed by atoms with Gasteiger partial charge in [0, 0.05) is 0 Å². The number of hydrogen-bond donors (Lipinski definition) is 1. The van der Waals surface area contributed by atoms with Gasteiger partial charge in [-0.2, -0.15) is 0 Å². The molecule has 0 aromatic carbocycles. The lowest BCUT2D eigenvalue weighted by Crippen LogP contribution is -2.24. The molecule has 0 aromatic heterocycles. The average molecular weight is 211 g/mol. The van der Waals surface area contributed by atoms with Crippen LogP contribution in [0.1, 0.15) is 71.1 Å². The van der Waals surface area contributed by atoms with Gasteiger partial charge in [0.25, 0.3) is 0 Å². The molecule has 0 spiro atoms. The van der Waals surface area contributed by atoms with E-state index in [1.807, 2.05) is 0 Å². The van der Waals surface area contributed by atoms with Gasteiger partial charge >= 0.3 is 0 Å². The Morgan fingerprint density at radius 1 is 0.667 bits per heavy atom. The van der Waals surface area contributed by atoms with Gasteiger partial charge in [-0.3, -0.25) is 0 Å². The van der Waals surface area contributed by atoms with Crippen molar-refractivity contribution < 1.29 is 0 Å². The van der Waals surface area contributed by atoms with Gasteiger partial charge in [-0.25, -0.2) is 0 Å². The Morgan fingerprint density at radius 2 is 1.00 bits per heavy atom. The summed E-state index contributed by atoms with van der Waals surface area (Å²) in [6, 6.07) is 0. The fourth-order valence-electron chi connectivity index (χ4n) is 3.70. The molecule has 0 unspecified atom stereocenters. The third-order valence-corrected chi connectivity index (χ3v) is 4.79. The predicted molar refractivity (Wildman–Crippen MR) is 67.3 cm³/mol. The highest BCUT2D eigenvalue weighted by Gasteiger charge is 2.27. The molecule has 0 bridgehead atoms. The molecule has 2 rings (SSSR count). The van der Waals surface area contributed by atoms with Crippen LogP contribution in [-0.4, -0.2) is 0 Å². The Kier molecular flexibility index (Phi) is 5.66. The first-order chi connectivity index (χ1) is 6.88. The molecule has 2 aliphatic carbocycles. The van der Waals surface area contributed by atoms with Crippen LogP contribution in [-0.2, 0) is 0 Å². The van der Waals surface area contributed by atoms with Crippen LogP contribution in [0.2, 0.25) is 0 Å². The lowest BCUT2D eigenvalue weighted by atomic mass is 9.71. The molecular formula is C14H29N. The molecule has 90 valence electrons. The molecule has 0 radical (unpaired) electrons. The summed E-state index contributed by atoms with van der Waals surface area (Å²) in [6.07, 6.45) is 15.2. The van der Waals surface area contributed by atoms with Crippen LogP contribution in [0.3, 0.4) is 0 Å². The van der Waals surface area contributed by atoms with E-state index < -0.39 is 0 Å². The van der Waals surface area contributed by atoms with Crippen molar-refractivity contribution in [1.29, 1.82) is 0 Å². The first-order valence-electron chi connectivity index (χ1n) is 6.88. The maximum atomic E-state index is 2.55. The maximum Gasteiger partial charge on any atom is -0.0386 e. The summed E-state index contributed by atoms with van der Waals surface area (Å²) in [5.41, 5.74) is 0. The molecule has 1 heteroatoms. The molecule has 2 saturated carbocycles. The largest absolute Gasteiger partial charge is 0.344 e. The van der Waals surface area contributed by atoms with Crippen molar-refractivity contribution in [2.75, 3.05) is 0 Å². The Balaban J connectivity index is 0.00000112. The highest BCUT2D eigenvalue weighted by molar-refractivity contribution is 4.78. The van der Waals surface area contributed by atoms with Crippen molar-refractivity contribution in [2.24, 2.45) is 17.8 Å². The summed E-state index contributed by atoms with van der Waals surface area (Å²) in [4.78, 5) is 0. The van der Waals surface area contributed by atoms with E-state index in [1.165, 1.54) is 64.2 Å². The third-order valence-electron chi connectivity index (χ3n) is 4.79. The molecule has 0 aromatic rings. The van der Waals surface area contributed by atoms with E-state index >= 15 is 0 Å². The van der Waals surface area contributed by atoms with Crippen LogP contribution >= 0.6 is 0 Å². The Hall–Kier alpha value is -0.0400. The minimum Gasteiger partial charge on any atom is -0.344 e. The molecule has 3 N–H and O–H groups in total. The smallest absolute Gasteiger partial charge is 0.0386 e. The first-order valence-corrected chi connectivity index (χ1v) is 6.88. The van der Waals surface area contributed by atoms with Gasteiger partial charge in [-0.15, -0.1) is 0 Å². The fourth-order valence-corrected chi connectivity index (χ4v) is 3.70. The van der Waals surface area contributed by atoms with Gasteiger partial charge in [-0.05, 0) is 17.8 Å². The molecule has 0 heterocycles. The van der Waals surface area contributed by atoms with Crippen LogP contribution in [0.4, 0.5) is 0 Å². The average Bonchev–Trinajstić information content (AvgIpc) is 2.30. The molecular weight excluding hydrogens is 182 g/mol. The summed E-state index contributed by atoms with van der Waals surface area (Å²) in [7, 11) is 0. The second kappa shape index (κ2) is 6.52. The van der Waals surface area contributed by atoms with E-state index in [9.17, 15) is 0 Å². The fraction of sp³-hybridized carbons (Fsp3) is 1.00. The van der Waals surface area contributed by atoms with Gasteiger partial charge in [0.1, 0.15) is 0 Å². The Morgan fingerprint density at radius 3 is 1.33 bits per heavy atom. The zero-order valence-corrected chi connectivity index (χ0v) is 10.5. The quantitative estimate of drug-likeness (QED) is 0.689. The zero-order valence-electron chi connectivity index (χ0n) is 10.5. The lowest BCUT2D eigenvalue weighted by molar-refractivity contribution is 0.159. The zero-order chi connectivity index (χ0) is 9.80. The highest BCUT2D eigenvalue weighted by Crippen LogP contribution is 2.39. The van der Waals surface area contributed by atoms with Crippen molar-refractivity contribution in [1.82, 2.24) is 6.15 Å². The summed E-state index contributed by atoms with van der Waals surface area (Å²) < 4.78 is 0. The SMILES string of the molecule is CC(C1CCCCC1)C1CCCCC1.N. The summed E-state index contributed by atoms with van der Waals surface area (Å²) >= 11 is 0. The molecule has 15 heavy (non-hydrogen) atoms. The van der Waals surface area contributed by atoms with Gasteiger partial charge in [0.05, 0.1) is 0 Å². The van der Waals surface area contributed by atoms with E-state index in [4.69, 9.17) is 0 Å². The van der Waals surface area contributed by atoms with Gasteiger partial charge in [-0.1, -0.05) is 71.1 Å². The van der Waals surface area contributed by atoms with Crippen molar-refractivity contribution >= 4 is 0 Å². The van der Waals surface area contributed by atoms with Gasteiger partial charge < -0.3 is 6.15 Å². The van der Waals surface area contributed by atoms with E-state index in [0.29, 0.717) is 0 Å². The van der Waals surface area contributed by atoms with Gasteiger partial charge in [0.2, 0.25) is 0 Å². The lowest BCUT2D eigenvalue weighted by Gasteiger charge is -2.35. The monoisotopic (exact) mass is 211 g/mol. The second-order valence-electron chi connectivity index (χ2n) is 5.66. The van der Waals surface area contributed by atoms with Crippen molar-refractivity contribution in [3.05, 3.63) is 0 Å². The third kappa shape index (κ3) is 3.48. The highest BCUT2D eigenvalue weighted by atomic mass is 14.3. The maximum absolute atomic E-state index is 2.55. The van der Waals surface area contributed by atoms with Crippen LogP contribution in [0.25, 0.3) is 0 Å². The Labute approximate surface area is 95.6 Å². The normalized spacial score (nSPS) is 25.2.